The number of H-pyrrole nitrogens is 1. The fourth-order valence-corrected chi connectivity index (χ4v) is 5.45. The first-order chi connectivity index (χ1) is 17.1. The van der Waals surface area contributed by atoms with Gasteiger partial charge in [0.1, 0.15) is 17.5 Å². The maximum Gasteiger partial charge on any atom is 0.401 e. The van der Waals surface area contributed by atoms with Crippen LogP contribution in [0.25, 0.3) is 10.9 Å². The number of benzene rings is 2. The molecule has 0 saturated carbocycles. The van der Waals surface area contributed by atoms with Crippen molar-refractivity contribution in [3.8, 4) is 0 Å². The van der Waals surface area contributed by atoms with E-state index in [1.807, 2.05) is 0 Å². The van der Waals surface area contributed by atoms with Crippen LogP contribution in [-0.2, 0) is 6.42 Å². The van der Waals surface area contributed by atoms with Gasteiger partial charge in [-0.05, 0) is 43.1 Å². The molecule has 1 unspecified atom stereocenters. The van der Waals surface area contributed by atoms with Crippen LogP contribution >= 0.6 is 0 Å². The Morgan fingerprint density at radius 3 is 2.44 bits per heavy atom. The minimum atomic E-state index is -4.57. The number of nitrogens with one attached hydrogen (secondary N) is 2. The molecule has 3 aromatic rings. The Morgan fingerprint density at radius 1 is 1.06 bits per heavy atom. The van der Waals surface area contributed by atoms with Crippen LogP contribution in [0, 0.1) is 17.5 Å². The van der Waals surface area contributed by atoms with E-state index in [0.29, 0.717) is 10.9 Å². The molecule has 1 saturated heterocycles. The van der Waals surface area contributed by atoms with Crippen LogP contribution in [0.4, 0.5) is 32.0 Å². The SMILES string of the molecule is CCCCN1CC(Nc2cc(F)c(C3c4[nH]c5c(F)cccc5c4CCN3CC(F)(F)F)c(F)c2)C1. The van der Waals surface area contributed by atoms with E-state index in [1.54, 1.807) is 6.07 Å². The average Bonchev–Trinajstić information content (AvgIpc) is 3.15. The fraction of sp³-hybridized carbons (Fsp3) is 0.462. The molecule has 1 fully saturated rings. The summed E-state index contributed by atoms with van der Waals surface area (Å²) in [6, 6.07) is 5.35. The molecule has 2 aromatic carbocycles. The number of halogens is 6. The summed E-state index contributed by atoms with van der Waals surface area (Å²) in [5.41, 5.74) is 0.661. The Labute approximate surface area is 205 Å². The normalized spacial score (nSPS) is 19.5. The summed E-state index contributed by atoms with van der Waals surface area (Å²) in [7, 11) is 0. The van der Waals surface area contributed by atoms with Crippen LogP contribution < -0.4 is 5.32 Å². The van der Waals surface area contributed by atoms with E-state index >= 15 is 8.78 Å². The number of alkyl halides is 3. The number of unbranched alkanes of at least 4 members (excludes halogenated alkanes) is 1. The highest BCUT2D eigenvalue weighted by atomic mass is 19.4. The molecule has 2 aliphatic rings. The predicted molar refractivity (Wildman–Crippen MR) is 127 cm³/mol. The first-order valence-electron chi connectivity index (χ1n) is 12.2. The molecule has 4 nitrogen and oxygen atoms in total. The molecular formula is C26H28F6N4. The van der Waals surface area contributed by atoms with E-state index in [9.17, 15) is 17.6 Å². The highest BCUT2D eigenvalue weighted by Gasteiger charge is 2.41. The number of aromatic amines is 1. The Hall–Kier alpha value is -2.72. The van der Waals surface area contributed by atoms with Crippen molar-refractivity contribution in [2.75, 3.05) is 38.0 Å². The van der Waals surface area contributed by atoms with Crippen LogP contribution in [0.15, 0.2) is 30.3 Å². The number of para-hydroxylation sites is 1. The maximum atomic E-state index is 15.5. The Balaban J connectivity index is 1.49. The monoisotopic (exact) mass is 510 g/mol. The average molecular weight is 511 g/mol. The van der Waals surface area contributed by atoms with Gasteiger partial charge < -0.3 is 10.3 Å². The fourth-order valence-electron chi connectivity index (χ4n) is 5.45. The molecule has 1 atom stereocenters. The number of hydrogen-bond acceptors (Lipinski definition) is 3. The van der Waals surface area contributed by atoms with Crippen LogP contribution in [0.3, 0.4) is 0 Å². The third-order valence-corrected chi connectivity index (χ3v) is 7.10. The number of rotatable bonds is 7. The summed E-state index contributed by atoms with van der Waals surface area (Å²) in [6.45, 7) is 3.19. The van der Waals surface area contributed by atoms with Crippen molar-refractivity contribution >= 4 is 16.6 Å². The molecule has 0 bridgehead atoms. The molecule has 10 heteroatoms. The molecule has 0 radical (unpaired) electrons. The third-order valence-electron chi connectivity index (χ3n) is 7.10. The van der Waals surface area contributed by atoms with Gasteiger partial charge >= 0.3 is 6.18 Å². The smallest absolute Gasteiger partial charge is 0.380 e. The summed E-state index contributed by atoms with van der Waals surface area (Å²) < 4.78 is 85.6. The molecule has 36 heavy (non-hydrogen) atoms. The minimum absolute atomic E-state index is 0.0474. The zero-order valence-electron chi connectivity index (χ0n) is 19.9. The van der Waals surface area contributed by atoms with Gasteiger partial charge in [-0.3, -0.25) is 9.80 Å². The molecule has 0 aliphatic carbocycles. The van der Waals surface area contributed by atoms with Gasteiger partial charge in [0.25, 0.3) is 0 Å². The van der Waals surface area contributed by atoms with E-state index in [0.717, 1.165) is 49.5 Å². The molecule has 3 heterocycles. The number of nitrogens with zero attached hydrogens (tertiary/aromatic N) is 2. The highest BCUT2D eigenvalue weighted by molar-refractivity contribution is 5.86. The minimum Gasteiger partial charge on any atom is -0.380 e. The van der Waals surface area contributed by atoms with Gasteiger partial charge in [-0.1, -0.05) is 25.5 Å². The van der Waals surface area contributed by atoms with Gasteiger partial charge in [-0.25, -0.2) is 13.2 Å². The lowest BCUT2D eigenvalue weighted by Crippen LogP contribution is -2.54. The van der Waals surface area contributed by atoms with Crippen molar-refractivity contribution in [2.24, 2.45) is 0 Å². The van der Waals surface area contributed by atoms with Crippen LogP contribution in [-0.4, -0.2) is 59.7 Å². The maximum absolute atomic E-state index is 15.5. The Bertz CT molecular complexity index is 1220. The highest BCUT2D eigenvalue weighted by Crippen LogP contribution is 2.42. The number of hydrogen-bond donors (Lipinski definition) is 2. The van der Waals surface area contributed by atoms with Gasteiger partial charge in [0.05, 0.1) is 24.1 Å². The summed E-state index contributed by atoms with van der Waals surface area (Å²) >= 11 is 0. The molecule has 5 rings (SSSR count). The second-order valence-electron chi connectivity index (χ2n) is 9.73. The van der Waals surface area contributed by atoms with Crippen molar-refractivity contribution in [3.05, 3.63) is 64.6 Å². The molecule has 194 valence electrons. The Morgan fingerprint density at radius 2 is 1.78 bits per heavy atom. The van der Waals surface area contributed by atoms with E-state index in [-0.39, 0.29) is 35.9 Å². The number of likely N-dealkylation sites (tertiary alicyclic amines) is 1. The standard InChI is InChI=1S/C26H28F6N4/c1-2-3-8-35-12-16(13-35)33-15-10-20(28)22(21(29)11-15)25-24-18(7-9-36(25)14-26(30,31)32)17-5-4-6-19(27)23(17)34-24/h4-6,10-11,16,25,33-34H,2-3,7-9,12-14H2,1H3. The zero-order valence-corrected chi connectivity index (χ0v) is 19.9. The third kappa shape index (κ3) is 4.80. The van der Waals surface area contributed by atoms with Crippen LogP contribution in [0.2, 0.25) is 0 Å². The molecule has 2 N–H and O–H groups in total. The van der Waals surface area contributed by atoms with Gasteiger partial charge in [0, 0.05) is 42.0 Å². The predicted octanol–water partition coefficient (Wildman–Crippen LogP) is 5.99. The second-order valence-corrected chi connectivity index (χ2v) is 9.73. The van der Waals surface area contributed by atoms with Crippen molar-refractivity contribution in [2.45, 2.75) is 44.4 Å². The quantitative estimate of drug-likeness (QED) is 0.383. The molecule has 1 aromatic heterocycles. The zero-order chi connectivity index (χ0) is 25.6. The van der Waals surface area contributed by atoms with E-state index in [1.165, 1.54) is 12.1 Å². The van der Waals surface area contributed by atoms with Gasteiger partial charge in [-0.15, -0.1) is 0 Å². The van der Waals surface area contributed by atoms with E-state index < -0.39 is 41.8 Å². The largest absolute Gasteiger partial charge is 0.401 e. The first kappa shape index (κ1) is 25.0. The van der Waals surface area contributed by atoms with Gasteiger partial charge in [0.15, 0.2) is 0 Å². The summed E-state index contributed by atoms with van der Waals surface area (Å²) in [5.74, 6) is -2.45. The topological polar surface area (TPSA) is 34.3 Å². The Kier molecular flexibility index (Phi) is 6.67. The van der Waals surface area contributed by atoms with Crippen molar-refractivity contribution in [3.63, 3.8) is 0 Å². The lowest BCUT2D eigenvalue weighted by atomic mass is 9.91. The number of fused-ring (bicyclic) bond motifs is 3. The molecule has 0 spiro atoms. The van der Waals surface area contributed by atoms with Crippen molar-refractivity contribution < 1.29 is 26.3 Å². The molecule has 0 amide bonds. The van der Waals surface area contributed by atoms with Crippen molar-refractivity contribution in [1.82, 2.24) is 14.8 Å². The van der Waals surface area contributed by atoms with Crippen LogP contribution in [0.5, 0.6) is 0 Å². The van der Waals surface area contributed by atoms with Gasteiger partial charge in [-0.2, -0.15) is 13.2 Å². The first-order valence-corrected chi connectivity index (χ1v) is 12.2. The van der Waals surface area contributed by atoms with E-state index in [2.05, 4.69) is 22.1 Å². The summed E-state index contributed by atoms with van der Waals surface area (Å²) in [6.07, 6.45) is -2.20. The lowest BCUT2D eigenvalue weighted by molar-refractivity contribution is -0.150. The molecular weight excluding hydrogens is 482 g/mol. The molecule has 2 aliphatic heterocycles. The number of anilines is 1. The summed E-state index contributed by atoms with van der Waals surface area (Å²) in [4.78, 5) is 6.10. The second kappa shape index (κ2) is 9.63. The van der Waals surface area contributed by atoms with E-state index in [4.69, 9.17) is 0 Å². The lowest BCUT2D eigenvalue weighted by Gasteiger charge is -2.40. The van der Waals surface area contributed by atoms with Gasteiger partial charge in [0.2, 0.25) is 0 Å². The summed E-state index contributed by atoms with van der Waals surface area (Å²) in [5, 5.41) is 3.63. The van der Waals surface area contributed by atoms with Crippen LogP contribution in [0.1, 0.15) is 42.6 Å². The van der Waals surface area contributed by atoms with Crippen molar-refractivity contribution in [1.29, 1.82) is 0 Å². The number of aromatic nitrogens is 1.